The Balaban J connectivity index is 1.37. The first-order chi connectivity index (χ1) is 16.9. The van der Waals surface area contributed by atoms with E-state index in [2.05, 4.69) is 25.1 Å². The van der Waals surface area contributed by atoms with Crippen molar-refractivity contribution in [2.24, 2.45) is 0 Å². The highest BCUT2D eigenvalue weighted by Crippen LogP contribution is 2.23. The van der Waals surface area contributed by atoms with Gasteiger partial charge in [-0.05, 0) is 54.1 Å². The molecule has 2 aromatic heterocycles. The Bertz CT molecular complexity index is 1690. The van der Waals surface area contributed by atoms with Gasteiger partial charge in [0.1, 0.15) is 0 Å². The van der Waals surface area contributed by atoms with E-state index in [0.717, 1.165) is 5.56 Å². The van der Waals surface area contributed by atoms with Crippen LogP contribution in [-0.2, 0) is 16.6 Å². The predicted octanol–water partition coefficient (Wildman–Crippen LogP) is 3.15. The number of carbonyl (C=O) groups excluding carboxylic acids is 1. The lowest BCUT2D eigenvalue weighted by Crippen LogP contribution is -2.18. The summed E-state index contributed by atoms with van der Waals surface area (Å²) in [5.41, 5.74) is 2.21. The smallest absolute Gasteiger partial charge is 0.322 e. The molecule has 2 heterocycles. The zero-order chi connectivity index (χ0) is 24.4. The molecule has 1 amide bonds. The van der Waals surface area contributed by atoms with Crippen LogP contribution in [0.3, 0.4) is 0 Å². The van der Waals surface area contributed by atoms with Gasteiger partial charge in [-0.1, -0.05) is 24.3 Å². The van der Waals surface area contributed by atoms with Crippen LogP contribution in [0.2, 0.25) is 0 Å². The number of nitrogens with one attached hydrogen (secondary N) is 4. The summed E-state index contributed by atoms with van der Waals surface area (Å²) in [7, 11) is -4.04. The fraction of sp³-hybridized carbons (Fsp3) is 0.0417. The van der Waals surface area contributed by atoms with E-state index in [0.29, 0.717) is 23.3 Å². The molecule has 0 aliphatic rings. The molecule has 0 saturated carbocycles. The SMILES string of the molecule is O=C(Nc1cccc(Cn2cccn2)c1)c1ccccc1NS(=O)(=O)c1ccc2[nH]c(=O)[nH]c2c1. The van der Waals surface area contributed by atoms with Gasteiger partial charge in [0.05, 0.1) is 33.7 Å². The molecule has 176 valence electrons. The van der Waals surface area contributed by atoms with E-state index >= 15 is 0 Å². The summed E-state index contributed by atoms with van der Waals surface area (Å²) >= 11 is 0. The van der Waals surface area contributed by atoms with Gasteiger partial charge in [0.2, 0.25) is 0 Å². The molecular weight excluding hydrogens is 468 g/mol. The lowest BCUT2D eigenvalue weighted by atomic mass is 10.1. The number of amides is 1. The van der Waals surface area contributed by atoms with Gasteiger partial charge >= 0.3 is 5.69 Å². The van der Waals surface area contributed by atoms with Crippen molar-refractivity contribution < 1.29 is 13.2 Å². The molecule has 10 nitrogen and oxygen atoms in total. The van der Waals surface area contributed by atoms with E-state index in [4.69, 9.17) is 0 Å². The Labute approximate surface area is 199 Å². The molecule has 11 heteroatoms. The molecule has 0 aliphatic carbocycles. The van der Waals surface area contributed by atoms with Crippen LogP contribution in [0.25, 0.3) is 11.0 Å². The van der Waals surface area contributed by atoms with Crippen molar-refractivity contribution in [2.45, 2.75) is 11.4 Å². The van der Waals surface area contributed by atoms with Gasteiger partial charge in [-0.2, -0.15) is 5.10 Å². The van der Waals surface area contributed by atoms with Crippen LogP contribution >= 0.6 is 0 Å². The van der Waals surface area contributed by atoms with Crippen molar-refractivity contribution in [1.29, 1.82) is 0 Å². The van der Waals surface area contributed by atoms with E-state index in [1.165, 1.54) is 30.3 Å². The number of aromatic amines is 2. The zero-order valence-electron chi connectivity index (χ0n) is 18.2. The zero-order valence-corrected chi connectivity index (χ0v) is 19.0. The average molecular weight is 489 g/mol. The van der Waals surface area contributed by atoms with Gasteiger partial charge in [-0.25, -0.2) is 13.2 Å². The van der Waals surface area contributed by atoms with Gasteiger partial charge in [-0.3, -0.25) is 14.2 Å². The van der Waals surface area contributed by atoms with E-state index in [1.807, 2.05) is 30.5 Å². The summed E-state index contributed by atoms with van der Waals surface area (Å²) < 4.78 is 30.3. The maximum atomic E-state index is 13.1. The lowest BCUT2D eigenvalue weighted by Gasteiger charge is -2.13. The summed E-state index contributed by atoms with van der Waals surface area (Å²) in [6, 6.07) is 19.7. The fourth-order valence-electron chi connectivity index (χ4n) is 3.68. The van der Waals surface area contributed by atoms with Crippen molar-refractivity contribution >= 4 is 38.3 Å². The minimum Gasteiger partial charge on any atom is -0.322 e. The first-order valence-electron chi connectivity index (χ1n) is 10.6. The van der Waals surface area contributed by atoms with Crippen LogP contribution in [-0.4, -0.2) is 34.1 Å². The second-order valence-electron chi connectivity index (χ2n) is 7.80. The summed E-state index contributed by atoms with van der Waals surface area (Å²) in [5.74, 6) is -0.468. The van der Waals surface area contributed by atoms with Crippen LogP contribution in [0.15, 0.2) is 94.9 Å². The number of rotatable bonds is 7. The standard InChI is InChI=1S/C24H20N6O4S/c31-23(26-17-6-3-5-16(13-17)15-30-12-4-11-25-30)19-7-1-2-8-20(19)29-35(33,34)18-9-10-21-22(14-18)28-24(32)27-21/h1-14,29H,15H2,(H,26,31)(H2,27,28,32). The highest BCUT2D eigenvalue weighted by Gasteiger charge is 2.19. The molecule has 0 saturated heterocycles. The summed E-state index contributed by atoms with van der Waals surface area (Å²) in [6.45, 7) is 0.545. The highest BCUT2D eigenvalue weighted by atomic mass is 32.2. The van der Waals surface area contributed by atoms with Crippen molar-refractivity contribution in [2.75, 3.05) is 10.0 Å². The number of anilines is 2. The normalized spacial score (nSPS) is 11.4. The van der Waals surface area contributed by atoms with Gasteiger partial charge in [0.25, 0.3) is 15.9 Å². The van der Waals surface area contributed by atoms with Crippen molar-refractivity contribution in [1.82, 2.24) is 19.7 Å². The minimum absolute atomic E-state index is 0.0539. The third-order valence-corrected chi connectivity index (χ3v) is 6.67. The number of imidazole rings is 1. The quantitative estimate of drug-likeness (QED) is 0.278. The molecule has 0 aliphatic heterocycles. The molecule has 0 radical (unpaired) electrons. The molecular formula is C24H20N6O4S. The number of hydrogen-bond acceptors (Lipinski definition) is 5. The summed E-state index contributed by atoms with van der Waals surface area (Å²) in [4.78, 5) is 29.6. The molecule has 0 atom stereocenters. The molecule has 3 aromatic carbocycles. The number of aromatic nitrogens is 4. The number of H-pyrrole nitrogens is 2. The van der Waals surface area contributed by atoms with Crippen molar-refractivity contribution in [3.63, 3.8) is 0 Å². The van der Waals surface area contributed by atoms with Crippen LogP contribution < -0.4 is 15.7 Å². The molecule has 4 N–H and O–H groups in total. The Morgan fingerprint density at radius 1 is 0.943 bits per heavy atom. The fourth-order valence-corrected chi connectivity index (χ4v) is 4.79. The van der Waals surface area contributed by atoms with Crippen LogP contribution in [0.4, 0.5) is 11.4 Å². The molecule has 35 heavy (non-hydrogen) atoms. The Kier molecular flexibility index (Phi) is 5.67. The first-order valence-corrected chi connectivity index (χ1v) is 12.1. The van der Waals surface area contributed by atoms with Gasteiger partial charge in [0, 0.05) is 18.1 Å². The molecule has 0 bridgehead atoms. The molecule has 0 fully saturated rings. The average Bonchev–Trinajstić information content (AvgIpc) is 3.47. The number of para-hydroxylation sites is 1. The molecule has 5 rings (SSSR count). The van der Waals surface area contributed by atoms with Crippen LogP contribution in [0.1, 0.15) is 15.9 Å². The maximum Gasteiger partial charge on any atom is 0.323 e. The largest absolute Gasteiger partial charge is 0.323 e. The second kappa shape index (κ2) is 8.95. The van der Waals surface area contributed by atoms with Crippen LogP contribution in [0, 0.1) is 0 Å². The van der Waals surface area contributed by atoms with Gasteiger partial charge < -0.3 is 15.3 Å². The number of carbonyl (C=O) groups is 1. The monoisotopic (exact) mass is 488 g/mol. The Hall–Kier alpha value is -4.64. The van der Waals surface area contributed by atoms with Crippen LogP contribution in [0.5, 0.6) is 0 Å². The number of nitrogens with zero attached hydrogens (tertiary/aromatic N) is 2. The number of benzene rings is 3. The van der Waals surface area contributed by atoms with Gasteiger partial charge in [-0.15, -0.1) is 0 Å². The van der Waals surface area contributed by atoms with Gasteiger partial charge in [0.15, 0.2) is 0 Å². The predicted molar refractivity (Wildman–Crippen MR) is 132 cm³/mol. The third kappa shape index (κ3) is 4.84. The molecule has 5 aromatic rings. The van der Waals surface area contributed by atoms with Crippen molar-refractivity contribution in [3.05, 3.63) is 107 Å². The first kappa shape index (κ1) is 22.2. The summed E-state index contributed by atoms with van der Waals surface area (Å²) in [6.07, 6.45) is 3.54. The maximum absolute atomic E-state index is 13.1. The van der Waals surface area contributed by atoms with E-state index in [1.54, 1.807) is 29.1 Å². The number of sulfonamides is 1. The second-order valence-corrected chi connectivity index (χ2v) is 9.48. The lowest BCUT2D eigenvalue weighted by molar-refractivity contribution is 0.102. The Morgan fingerprint density at radius 3 is 2.60 bits per heavy atom. The van der Waals surface area contributed by atoms with Crippen molar-refractivity contribution in [3.8, 4) is 0 Å². The highest BCUT2D eigenvalue weighted by molar-refractivity contribution is 7.92. The number of hydrogen-bond donors (Lipinski definition) is 4. The molecule has 0 spiro atoms. The minimum atomic E-state index is -4.04. The Morgan fingerprint density at radius 2 is 1.77 bits per heavy atom. The summed E-state index contributed by atoms with van der Waals surface area (Å²) in [5, 5.41) is 7.01. The third-order valence-electron chi connectivity index (χ3n) is 5.30. The van der Waals surface area contributed by atoms with E-state index in [9.17, 15) is 18.0 Å². The van der Waals surface area contributed by atoms with E-state index < -0.39 is 21.6 Å². The topological polar surface area (TPSA) is 142 Å². The number of fused-ring (bicyclic) bond motifs is 1. The molecule has 0 unspecified atom stereocenters. The van der Waals surface area contributed by atoms with E-state index in [-0.39, 0.29) is 16.1 Å².